The number of ether oxygens (including phenoxy) is 3. The van der Waals surface area contributed by atoms with Gasteiger partial charge in [0.2, 0.25) is 0 Å². The number of allylic oxidation sites excluding steroid dienone is 10. The minimum atomic E-state index is -0.771. The number of carbonyl (C=O) groups excluding carboxylic acids is 3. The molecule has 0 spiro atoms. The summed E-state index contributed by atoms with van der Waals surface area (Å²) in [6.45, 7) is 6.56. The highest BCUT2D eigenvalue weighted by Gasteiger charge is 2.19. The highest BCUT2D eigenvalue weighted by Crippen LogP contribution is 2.18. The van der Waals surface area contributed by atoms with E-state index >= 15 is 0 Å². The quantitative estimate of drug-likeness (QED) is 0.0261. The third-order valence-corrected chi connectivity index (χ3v) is 15.5. The van der Waals surface area contributed by atoms with E-state index in [2.05, 4.69) is 81.5 Å². The van der Waals surface area contributed by atoms with Gasteiger partial charge >= 0.3 is 17.9 Å². The molecule has 0 fully saturated rings. The summed E-state index contributed by atoms with van der Waals surface area (Å²) in [6.07, 6.45) is 86.9. The molecule has 0 radical (unpaired) electrons. The van der Waals surface area contributed by atoms with Gasteiger partial charge in [0.15, 0.2) is 6.10 Å². The highest BCUT2D eigenvalue weighted by molar-refractivity contribution is 5.71. The summed E-state index contributed by atoms with van der Waals surface area (Å²) < 4.78 is 16.9. The molecule has 79 heavy (non-hydrogen) atoms. The lowest BCUT2D eigenvalue weighted by molar-refractivity contribution is -0.167. The first kappa shape index (κ1) is 76.1. The van der Waals surface area contributed by atoms with Crippen molar-refractivity contribution in [3.63, 3.8) is 0 Å². The summed E-state index contributed by atoms with van der Waals surface area (Å²) in [7, 11) is 0. The molecule has 6 heteroatoms. The molecule has 0 aromatic carbocycles. The Morgan fingerprint density at radius 2 is 0.494 bits per heavy atom. The van der Waals surface area contributed by atoms with Crippen LogP contribution in [0.5, 0.6) is 0 Å². The third-order valence-electron chi connectivity index (χ3n) is 15.5. The average molecular weight is 1110 g/mol. The number of unbranched alkanes of at least 4 members (excludes halogenated alkanes) is 43. The summed E-state index contributed by atoms with van der Waals surface area (Å²) in [5.41, 5.74) is 0. The van der Waals surface area contributed by atoms with E-state index in [4.69, 9.17) is 14.2 Å². The molecule has 0 saturated heterocycles. The van der Waals surface area contributed by atoms with E-state index in [1.807, 2.05) is 0 Å². The van der Waals surface area contributed by atoms with E-state index in [1.54, 1.807) is 0 Å². The zero-order chi connectivity index (χ0) is 57.1. The zero-order valence-corrected chi connectivity index (χ0v) is 52.9. The van der Waals surface area contributed by atoms with Crippen LogP contribution >= 0.6 is 0 Å². The minimum Gasteiger partial charge on any atom is -0.462 e. The van der Waals surface area contributed by atoms with Gasteiger partial charge in [0.25, 0.3) is 0 Å². The molecule has 0 aliphatic carbocycles. The van der Waals surface area contributed by atoms with Crippen molar-refractivity contribution in [1.82, 2.24) is 0 Å². The van der Waals surface area contributed by atoms with Crippen molar-refractivity contribution in [3.05, 3.63) is 60.8 Å². The fraction of sp³-hybridized carbons (Fsp3) is 0.822. The maximum Gasteiger partial charge on any atom is 0.306 e. The number of hydrogen-bond acceptors (Lipinski definition) is 6. The molecule has 0 N–H and O–H groups in total. The van der Waals surface area contributed by atoms with Crippen LogP contribution < -0.4 is 0 Å². The lowest BCUT2D eigenvalue weighted by Crippen LogP contribution is -2.30. The molecule has 0 aliphatic rings. The second-order valence-corrected chi connectivity index (χ2v) is 23.4. The Hall–Kier alpha value is -2.89. The van der Waals surface area contributed by atoms with Gasteiger partial charge in [-0.1, -0.05) is 326 Å². The summed E-state index contributed by atoms with van der Waals surface area (Å²) in [5.74, 6) is -0.850. The van der Waals surface area contributed by atoms with Crippen molar-refractivity contribution in [2.45, 2.75) is 374 Å². The molecule has 0 saturated carbocycles. The predicted octanol–water partition coefficient (Wildman–Crippen LogP) is 23.9. The van der Waals surface area contributed by atoms with E-state index in [9.17, 15) is 14.4 Å². The Bertz CT molecular complexity index is 1410. The zero-order valence-electron chi connectivity index (χ0n) is 52.9. The molecule has 0 aliphatic heterocycles. The largest absolute Gasteiger partial charge is 0.462 e. The van der Waals surface area contributed by atoms with Gasteiger partial charge in [-0.2, -0.15) is 0 Å². The van der Waals surface area contributed by atoms with Gasteiger partial charge in [-0.3, -0.25) is 14.4 Å². The van der Waals surface area contributed by atoms with E-state index in [0.29, 0.717) is 19.3 Å². The van der Waals surface area contributed by atoms with Crippen LogP contribution in [0.1, 0.15) is 367 Å². The Balaban J connectivity index is 4.12. The molecule has 0 aromatic rings. The van der Waals surface area contributed by atoms with Gasteiger partial charge in [0, 0.05) is 19.3 Å². The predicted molar refractivity (Wildman–Crippen MR) is 344 cm³/mol. The maximum absolute atomic E-state index is 12.9. The van der Waals surface area contributed by atoms with Crippen molar-refractivity contribution in [1.29, 1.82) is 0 Å². The summed E-state index contributed by atoms with van der Waals surface area (Å²) in [5, 5.41) is 0. The fourth-order valence-corrected chi connectivity index (χ4v) is 10.3. The van der Waals surface area contributed by atoms with E-state index in [0.717, 1.165) is 83.5 Å². The number of carbonyl (C=O) groups is 3. The topological polar surface area (TPSA) is 78.9 Å². The Kier molecular flexibility index (Phi) is 65.1. The second kappa shape index (κ2) is 67.6. The normalized spacial score (nSPS) is 12.4. The van der Waals surface area contributed by atoms with Crippen LogP contribution in [0.3, 0.4) is 0 Å². The Labute approximate surface area is 491 Å². The summed E-state index contributed by atoms with van der Waals surface area (Å²) in [6, 6.07) is 0. The molecule has 6 nitrogen and oxygen atoms in total. The maximum atomic E-state index is 12.9. The van der Waals surface area contributed by atoms with Crippen LogP contribution in [0.15, 0.2) is 60.8 Å². The molecule has 0 rings (SSSR count). The van der Waals surface area contributed by atoms with Crippen LogP contribution in [0, 0.1) is 0 Å². The summed E-state index contributed by atoms with van der Waals surface area (Å²) in [4.78, 5) is 38.3. The number of esters is 3. The lowest BCUT2D eigenvalue weighted by atomic mass is 10.0. The van der Waals surface area contributed by atoms with Crippen molar-refractivity contribution in [2.24, 2.45) is 0 Å². The van der Waals surface area contributed by atoms with E-state index in [-0.39, 0.29) is 31.1 Å². The van der Waals surface area contributed by atoms with Crippen LogP contribution in [-0.2, 0) is 28.6 Å². The van der Waals surface area contributed by atoms with Crippen LogP contribution in [-0.4, -0.2) is 37.2 Å². The SMILES string of the molecule is CC/C=C\C/C=C\C/C=C\C/C=C\CCCCCCCCCCCCCCCCCCC(=O)OCC(COC(=O)CCCCCCCCCCC)OC(=O)CCCCCCCCCCCCC/C=C\CCCCCCCCCC. The second-order valence-electron chi connectivity index (χ2n) is 23.4. The first-order valence-electron chi connectivity index (χ1n) is 34.8. The smallest absolute Gasteiger partial charge is 0.306 e. The Morgan fingerprint density at radius 1 is 0.266 bits per heavy atom. The standard InChI is InChI=1S/C73H132O6/c1-4-7-10-13-16-19-21-23-25-27-29-31-33-34-35-36-37-38-40-41-43-45-47-49-51-54-57-60-63-66-72(75)78-69-70(68-77-71(74)65-62-59-56-53-18-15-12-9-6-3)79-73(76)67-64-61-58-55-52-50-48-46-44-42-39-32-30-28-26-24-22-20-17-14-11-8-5-2/h7,10,16,19,23,25,28-31,70H,4-6,8-9,11-15,17-18,20-22,24,26-27,32-69H2,1-3H3/b10-7-,19-16-,25-23-,30-28-,31-29-. The summed E-state index contributed by atoms with van der Waals surface area (Å²) >= 11 is 0. The molecular weight excluding hydrogens is 973 g/mol. The molecule has 0 amide bonds. The molecule has 1 atom stereocenters. The molecule has 460 valence electrons. The monoisotopic (exact) mass is 1110 g/mol. The molecule has 0 aromatic heterocycles. The first-order chi connectivity index (χ1) is 39.0. The van der Waals surface area contributed by atoms with Gasteiger partial charge in [0.05, 0.1) is 0 Å². The minimum absolute atomic E-state index is 0.0691. The van der Waals surface area contributed by atoms with E-state index in [1.165, 1.54) is 244 Å². The molecule has 0 heterocycles. The van der Waals surface area contributed by atoms with Gasteiger partial charge in [0.1, 0.15) is 13.2 Å². The van der Waals surface area contributed by atoms with Crippen molar-refractivity contribution in [2.75, 3.05) is 13.2 Å². The van der Waals surface area contributed by atoms with Crippen molar-refractivity contribution in [3.8, 4) is 0 Å². The van der Waals surface area contributed by atoms with E-state index < -0.39 is 6.10 Å². The molecule has 1 unspecified atom stereocenters. The fourth-order valence-electron chi connectivity index (χ4n) is 10.3. The van der Waals surface area contributed by atoms with Crippen molar-refractivity contribution >= 4 is 17.9 Å². The Morgan fingerprint density at radius 3 is 0.785 bits per heavy atom. The number of rotatable bonds is 64. The number of hydrogen-bond donors (Lipinski definition) is 0. The van der Waals surface area contributed by atoms with Gasteiger partial charge in [-0.25, -0.2) is 0 Å². The average Bonchev–Trinajstić information content (AvgIpc) is 3.45. The van der Waals surface area contributed by atoms with Crippen LogP contribution in [0.4, 0.5) is 0 Å². The lowest BCUT2D eigenvalue weighted by Gasteiger charge is -2.18. The van der Waals surface area contributed by atoms with Gasteiger partial charge in [-0.05, 0) is 83.5 Å². The first-order valence-corrected chi connectivity index (χ1v) is 34.8. The highest BCUT2D eigenvalue weighted by atomic mass is 16.6. The molecule has 0 bridgehead atoms. The van der Waals surface area contributed by atoms with Gasteiger partial charge in [-0.15, -0.1) is 0 Å². The molecular formula is C73H132O6. The van der Waals surface area contributed by atoms with Crippen LogP contribution in [0.25, 0.3) is 0 Å². The third kappa shape index (κ3) is 65.8. The van der Waals surface area contributed by atoms with Crippen LogP contribution in [0.2, 0.25) is 0 Å². The van der Waals surface area contributed by atoms with Gasteiger partial charge < -0.3 is 14.2 Å². The van der Waals surface area contributed by atoms with Crippen molar-refractivity contribution < 1.29 is 28.6 Å².